The summed E-state index contributed by atoms with van der Waals surface area (Å²) in [6.45, 7) is 0.727. The third kappa shape index (κ3) is 4.73. The Hall–Kier alpha value is -2.24. The van der Waals surface area contributed by atoms with E-state index in [0.29, 0.717) is 41.8 Å². The van der Waals surface area contributed by atoms with Crippen molar-refractivity contribution >= 4 is 35.0 Å². The van der Waals surface area contributed by atoms with Crippen LogP contribution in [0.4, 0.5) is 0 Å². The second-order valence-electron chi connectivity index (χ2n) is 6.44. The number of carbonyl (C=O) groups is 2. The molecule has 1 heterocycles. The monoisotopic (exact) mass is 406 g/mol. The third-order valence-electron chi connectivity index (χ3n) is 4.58. The quantitative estimate of drug-likeness (QED) is 0.744. The van der Waals surface area contributed by atoms with Gasteiger partial charge in [-0.1, -0.05) is 47.5 Å². The minimum absolute atomic E-state index is 0.112. The summed E-state index contributed by atoms with van der Waals surface area (Å²) < 4.78 is 5.61. The van der Waals surface area contributed by atoms with Crippen molar-refractivity contribution in [3.8, 4) is 5.75 Å². The molecule has 0 saturated carbocycles. The number of ether oxygens (including phenoxy) is 1. The fourth-order valence-electron chi connectivity index (χ4n) is 3.18. The van der Waals surface area contributed by atoms with Gasteiger partial charge in [0.25, 0.3) is 0 Å². The topological polar surface area (TPSA) is 72.6 Å². The van der Waals surface area contributed by atoms with Crippen molar-refractivity contribution in [3.63, 3.8) is 0 Å². The lowest BCUT2D eigenvalue weighted by molar-refractivity contribution is -0.140. The van der Waals surface area contributed by atoms with Gasteiger partial charge >= 0.3 is 0 Å². The maximum Gasteiger partial charge on any atom is 0.240 e. The molecule has 1 aliphatic rings. The molecule has 2 aromatic carbocycles. The molecule has 0 radical (unpaired) electrons. The Balaban J connectivity index is 1.57. The van der Waals surface area contributed by atoms with Gasteiger partial charge in [0.2, 0.25) is 11.8 Å². The number of nitrogens with two attached hydrogens (primary N) is 1. The van der Waals surface area contributed by atoms with Crippen LogP contribution in [0.15, 0.2) is 42.5 Å². The normalized spacial score (nSPS) is 15.9. The van der Waals surface area contributed by atoms with Crippen molar-refractivity contribution in [3.05, 3.63) is 63.6 Å². The van der Waals surface area contributed by atoms with Crippen molar-refractivity contribution in [2.24, 2.45) is 5.73 Å². The van der Waals surface area contributed by atoms with E-state index >= 15 is 0 Å². The van der Waals surface area contributed by atoms with E-state index in [9.17, 15) is 9.59 Å². The average Bonchev–Trinajstić information content (AvgIpc) is 2.65. The summed E-state index contributed by atoms with van der Waals surface area (Å²) in [5.41, 5.74) is 7.64. The van der Waals surface area contributed by atoms with E-state index in [-0.39, 0.29) is 12.3 Å². The maximum atomic E-state index is 12.7. The van der Waals surface area contributed by atoms with Crippen LogP contribution in [0.2, 0.25) is 10.0 Å². The Morgan fingerprint density at radius 1 is 1.15 bits per heavy atom. The molecule has 2 amide bonds. The number of hydrogen-bond acceptors (Lipinski definition) is 3. The Morgan fingerprint density at radius 3 is 2.59 bits per heavy atom. The van der Waals surface area contributed by atoms with Crippen LogP contribution < -0.4 is 10.5 Å². The molecule has 0 bridgehead atoms. The molecule has 0 aliphatic carbocycles. The van der Waals surface area contributed by atoms with Gasteiger partial charge in [-0.2, -0.15) is 0 Å². The van der Waals surface area contributed by atoms with E-state index < -0.39 is 11.9 Å². The molecule has 27 heavy (non-hydrogen) atoms. The van der Waals surface area contributed by atoms with Crippen LogP contribution >= 0.6 is 23.2 Å². The number of amides is 2. The van der Waals surface area contributed by atoms with Gasteiger partial charge < -0.3 is 15.4 Å². The van der Waals surface area contributed by atoms with Crippen molar-refractivity contribution < 1.29 is 14.3 Å². The Labute approximate surface area is 168 Å². The molecule has 2 N–H and O–H groups in total. The van der Waals surface area contributed by atoms with E-state index in [1.807, 2.05) is 24.3 Å². The van der Waals surface area contributed by atoms with Crippen molar-refractivity contribution in [1.29, 1.82) is 0 Å². The number of fused-ring (bicyclic) bond motifs is 1. The molecule has 5 nitrogen and oxygen atoms in total. The summed E-state index contributed by atoms with van der Waals surface area (Å²) >= 11 is 11.9. The number of primary amides is 1. The van der Waals surface area contributed by atoms with Gasteiger partial charge in [0.15, 0.2) is 0 Å². The third-order valence-corrected chi connectivity index (χ3v) is 5.11. The SMILES string of the molecule is NC(=O)C1Cc2ccccc2CN1C(=O)CCCOc1ccc(Cl)cc1Cl. The number of carbonyl (C=O) groups excluding carboxylic acids is 2. The Bertz CT molecular complexity index is 857. The summed E-state index contributed by atoms with van der Waals surface area (Å²) in [4.78, 5) is 26.1. The zero-order valence-electron chi connectivity index (χ0n) is 14.7. The second kappa shape index (κ2) is 8.63. The first-order chi connectivity index (χ1) is 13.0. The largest absolute Gasteiger partial charge is 0.492 e. The molecular weight excluding hydrogens is 387 g/mol. The molecule has 0 saturated heterocycles. The van der Waals surface area contributed by atoms with Crippen molar-refractivity contribution in [2.45, 2.75) is 31.8 Å². The molecular formula is C20H20Cl2N2O3. The van der Waals surface area contributed by atoms with Crippen LogP contribution in [-0.4, -0.2) is 29.4 Å². The summed E-state index contributed by atoms with van der Waals surface area (Å²) in [7, 11) is 0. The van der Waals surface area contributed by atoms with Gasteiger partial charge in [0.05, 0.1) is 11.6 Å². The van der Waals surface area contributed by atoms with E-state index in [1.165, 1.54) is 0 Å². The molecule has 0 fully saturated rings. The number of rotatable bonds is 6. The maximum absolute atomic E-state index is 12.7. The van der Waals surface area contributed by atoms with Crippen LogP contribution in [0.5, 0.6) is 5.75 Å². The average molecular weight is 407 g/mol. The van der Waals surface area contributed by atoms with Gasteiger partial charge in [-0.25, -0.2) is 0 Å². The van der Waals surface area contributed by atoms with E-state index in [0.717, 1.165) is 11.1 Å². The van der Waals surface area contributed by atoms with E-state index in [4.69, 9.17) is 33.7 Å². The van der Waals surface area contributed by atoms with Gasteiger partial charge in [-0.3, -0.25) is 9.59 Å². The summed E-state index contributed by atoms with van der Waals surface area (Å²) in [5, 5.41) is 0.959. The van der Waals surface area contributed by atoms with Crippen LogP contribution in [0, 0.1) is 0 Å². The molecule has 142 valence electrons. The highest BCUT2D eigenvalue weighted by molar-refractivity contribution is 6.35. The van der Waals surface area contributed by atoms with E-state index in [2.05, 4.69) is 0 Å². The first-order valence-electron chi connectivity index (χ1n) is 8.69. The molecule has 7 heteroatoms. The molecule has 2 aromatic rings. The van der Waals surface area contributed by atoms with Gasteiger partial charge in [0, 0.05) is 24.4 Å². The fraction of sp³-hybridized carbons (Fsp3) is 0.300. The highest BCUT2D eigenvalue weighted by Gasteiger charge is 2.32. The predicted molar refractivity (Wildman–Crippen MR) is 105 cm³/mol. The fourth-order valence-corrected chi connectivity index (χ4v) is 3.64. The Kier molecular flexibility index (Phi) is 6.24. The van der Waals surface area contributed by atoms with Gasteiger partial charge in [-0.05, 0) is 35.7 Å². The minimum Gasteiger partial charge on any atom is -0.492 e. The highest BCUT2D eigenvalue weighted by Crippen LogP contribution is 2.28. The first-order valence-corrected chi connectivity index (χ1v) is 9.44. The van der Waals surface area contributed by atoms with E-state index in [1.54, 1.807) is 23.1 Å². The summed E-state index contributed by atoms with van der Waals surface area (Å²) in [6.07, 6.45) is 1.21. The van der Waals surface area contributed by atoms with Crippen LogP contribution in [0.1, 0.15) is 24.0 Å². The van der Waals surface area contributed by atoms with Crippen molar-refractivity contribution in [2.75, 3.05) is 6.61 Å². The second-order valence-corrected chi connectivity index (χ2v) is 7.28. The lowest BCUT2D eigenvalue weighted by Gasteiger charge is -2.35. The zero-order valence-corrected chi connectivity index (χ0v) is 16.2. The summed E-state index contributed by atoms with van der Waals surface area (Å²) in [6, 6.07) is 12.2. The van der Waals surface area contributed by atoms with Crippen molar-refractivity contribution in [1.82, 2.24) is 4.90 Å². The predicted octanol–water partition coefficient (Wildman–Crippen LogP) is 3.59. The van der Waals surface area contributed by atoms with Crippen LogP contribution in [0.25, 0.3) is 0 Å². The first kappa shape index (κ1) is 19.5. The molecule has 0 spiro atoms. The standard InChI is InChI=1S/C20H20Cl2N2O3/c21-15-7-8-18(16(22)11-15)27-9-3-6-19(25)24-12-14-5-2-1-4-13(14)10-17(24)20(23)26/h1-2,4-5,7-8,11,17H,3,6,9-10,12H2,(H2,23,26). The summed E-state index contributed by atoms with van der Waals surface area (Å²) in [5.74, 6) is -0.0726. The smallest absolute Gasteiger partial charge is 0.240 e. The molecule has 0 aromatic heterocycles. The molecule has 1 unspecified atom stereocenters. The highest BCUT2D eigenvalue weighted by atomic mass is 35.5. The molecule has 1 atom stereocenters. The lowest BCUT2D eigenvalue weighted by Crippen LogP contribution is -2.51. The Morgan fingerprint density at radius 2 is 1.89 bits per heavy atom. The van der Waals surface area contributed by atoms with Gasteiger partial charge in [0.1, 0.15) is 11.8 Å². The van der Waals surface area contributed by atoms with Crippen LogP contribution in [0.3, 0.4) is 0 Å². The molecule has 1 aliphatic heterocycles. The number of halogens is 2. The number of nitrogens with zero attached hydrogens (tertiary/aromatic N) is 1. The number of hydrogen-bond donors (Lipinski definition) is 1. The van der Waals surface area contributed by atoms with Crippen LogP contribution in [-0.2, 0) is 22.6 Å². The zero-order chi connectivity index (χ0) is 19.4. The minimum atomic E-state index is -0.612. The molecule has 3 rings (SSSR count). The van der Waals surface area contributed by atoms with Gasteiger partial charge in [-0.15, -0.1) is 0 Å². The number of benzene rings is 2. The lowest BCUT2D eigenvalue weighted by atomic mass is 9.93.